The van der Waals surface area contributed by atoms with Gasteiger partial charge in [-0.15, -0.1) is 0 Å². The van der Waals surface area contributed by atoms with Crippen molar-refractivity contribution in [3.63, 3.8) is 0 Å². The Bertz CT molecular complexity index is 1630. The van der Waals surface area contributed by atoms with Crippen LogP contribution in [-0.2, 0) is 39.1 Å². The quantitative estimate of drug-likeness (QED) is 0.232. The molecule has 0 saturated heterocycles. The third-order valence-electron chi connectivity index (χ3n) is 7.24. The van der Waals surface area contributed by atoms with Crippen molar-refractivity contribution in [1.29, 1.82) is 0 Å². The molecule has 5 rings (SSSR count). The molecule has 1 fully saturated rings. The summed E-state index contributed by atoms with van der Waals surface area (Å²) in [6, 6.07) is 24.1. The highest BCUT2D eigenvalue weighted by Gasteiger charge is 2.31. The van der Waals surface area contributed by atoms with Crippen molar-refractivity contribution in [3.8, 4) is 0 Å². The zero-order valence-corrected chi connectivity index (χ0v) is 24.3. The molecule has 2 N–H and O–H groups in total. The van der Waals surface area contributed by atoms with Gasteiger partial charge in [-0.05, 0) is 77.9 Å². The van der Waals surface area contributed by atoms with Crippen molar-refractivity contribution in [2.75, 3.05) is 0 Å². The Morgan fingerprint density at radius 1 is 0.860 bits per heavy atom. The molecule has 1 aromatic heterocycles. The lowest BCUT2D eigenvalue weighted by molar-refractivity contribution is -0.141. The summed E-state index contributed by atoms with van der Waals surface area (Å²) < 4.78 is 41.4. The van der Waals surface area contributed by atoms with E-state index >= 15 is 0 Å². The van der Waals surface area contributed by atoms with Gasteiger partial charge in [-0.3, -0.25) is 14.6 Å². The maximum absolute atomic E-state index is 13.9. The summed E-state index contributed by atoms with van der Waals surface area (Å²) in [6.45, 7) is 0.347. The molecule has 0 aliphatic heterocycles. The van der Waals surface area contributed by atoms with Crippen LogP contribution < -0.4 is 10.0 Å². The molecule has 0 radical (unpaired) electrons. The first kappa shape index (κ1) is 30.1. The van der Waals surface area contributed by atoms with Crippen molar-refractivity contribution in [2.24, 2.45) is 0 Å². The van der Waals surface area contributed by atoms with Crippen molar-refractivity contribution >= 4 is 21.8 Å². The number of nitrogens with one attached hydrogen (secondary N) is 2. The lowest BCUT2D eigenvalue weighted by atomic mass is 10.0. The zero-order valence-electron chi connectivity index (χ0n) is 23.5. The van der Waals surface area contributed by atoms with Gasteiger partial charge in [0.15, 0.2) is 0 Å². The Kier molecular flexibility index (Phi) is 9.58. The molecule has 8 nitrogen and oxygen atoms in total. The highest BCUT2D eigenvalue weighted by atomic mass is 32.2. The zero-order chi connectivity index (χ0) is 30.2. The number of aryl methyl sites for hydroxylation is 1. The standard InChI is InChI=1S/C33H33FN4O4S/c34-28-11-6-26(7-12-28)23-38(31(39)17-10-24-8-15-30(16-9-24)43(41,42)37-29-13-14-29)32(27-4-2-1-3-5-27)33(40)36-22-25-18-20-35-21-19-25/h1-9,11-12,15-16,18-21,29,32,37H,10,13-14,17,22-23H2,(H,36,40)/t32-/m0/s1. The summed E-state index contributed by atoms with van der Waals surface area (Å²) in [4.78, 5) is 33.4. The summed E-state index contributed by atoms with van der Waals surface area (Å²) in [5.41, 5.74) is 2.97. The maximum atomic E-state index is 13.9. The van der Waals surface area contributed by atoms with Crippen molar-refractivity contribution < 1.29 is 22.4 Å². The SMILES string of the molecule is O=C(NCc1ccncc1)[C@H](c1ccccc1)N(Cc1ccc(F)cc1)C(=O)CCc1ccc(S(=O)(=O)NC2CC2)cc1. The minimum Gasteiger partial charge on any atom is -0.350 e. The Hall–Kier alpha value is -4.41. The molecule has 1 aliphatic carbocycles. The maximum Gasteiger partial charge on any atom is 0.247 e. The Labute approximate surface area is 251 Å². The van der Waals surface area contributed by atoms with Crippen molar-refractivity contribution in [3.05, 3.63) is 131 Å². The second-order valence-electron chi connectivity index (χ2n) is 10.6. The van der Waals surface area contributed by atoms with Gasteiger partial charge in [0.1, 0.15) is 11.9 Å². The molecule has 2 amide bonds. The normalized spacial score (nSPS) is 13.7. The summed E-state index contributed by atoms with van der Waals surface area (Å²) in [6.07, 6.45) is 5.40. The Morgan fingerprint density at radius 2 is 1.51 bits per heavy atom. The molecule has 10 heteroatoms. The van der Waals surface area contributed by atoms with Crippen LogP contribution in [0, 0.1) is 5.82 Å². The third kappa shape index (κ3) is 8.33. The minimum absolute atomic E-state index is 0.00819. The van der Waals surface area contributed by atoms with Gasteiger partial charge >= 0.3 is 0 Å². The van der Waals surface area contributed by atoms with Crippen LogP contribution in [0.3, 0.4) is 0 Å². The lowest BCUT2D eigenvalue weighted by Gasteiger charge is -2.32. The number of pyridine rings is 1. The number of carbonyl (C=O) groups excluding carboxylic acids is 2. The van der Waals surface area contributed by atoms with Gasteiger partial charge in [0.05, 0.1) is 4.90 Å². The van der Waals surface area contributed by atoms with E-state index in [2.05, 4.69) is 15.0 Å². The number of hydrogen-bond donors (Lipinski definition) is 2. The fraction of sp³-hybridized carbons (Fsp3) is 0.242. The first-order chi connectivity index (χ1) is 20.8. The molecule has 1 aliphatic rings. The number of carbonyl (C=O) groups is 2. The Balaban J connectivity index is 1.37. The van der Waals surface area contributed by atoms with E-state index in [1.807, 2.05) is 18.2 Å². The van der Waals surface area contributed by atoms with Crippen LogP contribution in [0.2, 0.25) is 0 Å². The van der Waals surface area contributed by atoms with E-state index in [1.54, 1.807) is 73.1 Å². The number of sulfonamides is 1. The predicted molar refractivity (Wildman–Crippen MR) is 160 cm³/mol. The van der Waals surface area contributed by atoms with Gasteiger partial charge < -0.3 is 10.2 Å². The van der Waals surface area contributed by atoms with Gasteiger partial charge in [0.2, 0.25) is 21.8 Å². The van der Waals surface area contributed by atoms with Crippen LogP contribution in [0.5, 0.6) is 0 Å². The lowest BCUT2D eigenvalue weighted by Crippen LogP contribution is -2.43. The molecule has 1 atom stereocenters. The molecule has 1 heterocycles. The third-order valence-corrected chi connectivity index (χ3v) is 8.77. The summed E-state index contributed by atoms with van der Waals surface area (Å²) in [5.74, 6) is -1.02. The van der Waals surface area contributed by atoms with Crippen molar-refractivity contribution in [1.82, 2.24) is 19.9 Å². The Morgan fingerprint density at radius 3 is 2.16 bits per heavy atom. The molecule has 0 unspecified atom stereocenters. The smallest absolute Gasteiger partial charge is 0.247 e. The van der Waals surface area contributed by atoms with E-state index in [0.717, 1.165) is 24.0 Å². The molecule has 43 heavy (non-hydrogen) atoms. The fourth-order valence-electron chi connectivity index (χ4n) is 4.72. The van der Waals surface area contributed by atoms with Crippen LogP contribution in [0.4, 0.5) is 4.39 Å². The average molecular weight is 601 g/mol. The predicted octanol–water partition coefficient (Wildman–Crippen LogP) is 4.68. The minimum atomic E-state index is -3.57. The first-order valence-electron chi connectivity index (χ1n) is 14.2. The topological polar surface area (TPSA) is 108 Å². The number of hydrogen-bond acceptors (Lipinski definition) is 5. The van der Waals surface area contributed by atoms with Crippen LogP contribution in [0.1, 0.15) is 47.6 Å². The van der Waals surface area contributed by atoms with Gasteiger partial charge in [-0.1, -0.05) is 54.6 Å². The number of benzene rings is 3. The number of amides is 2. The van der Waals surface area contributed by atoms with Gasteiger partial charge in [0.25, 0.3) is 0 Å². The van der Waals surface area contributed by atoms with E-state index in [0.29, 0.717) is 17.5 Å². The summed E-state index contributed by atoms with van der Waals surface area (Å²) >= 11 is 0. The van der Waals surface area contributed by atoms with E-state index in [9.17, 15) is 22.4 Å². The number of aromatic nitrogens is 1. The second kappa shape index (κ2) is 13.7. The molecule has 1 saturated carbocycles. The van der Waals surface area contributed by atoms with Crippen molar-refractivity contribution in [2.45, 2.75) is 55.8 Å². The number of rotatable bonds is 13. The molecular formula is C33H33FN4O4S. The molecule has 0 bridgehead atoms. The number of nitrogens with zero attached hydrogens (tertiary/aromatic N) is 2. The second-order valence-corrected chi connectivity index (χ2v) is 12.3. The van der Waals surface area contributed by atoms with E-state index in [-0.39, 0.29) is 42.3 Å². The van der Waals surface area contributed by atoms with Gasteiger partial charge in [-0.25, -0.2) is 17.5 Å². The highest BCUT2D eigenvalue weighted by molar-refractivity contribution is 7.89. The molecule has 3 aromatic carbocycles. The number of halogens is 1. The van der Waals surface area contributed by atoms with Crippen LogP contribution >= 0.6 is 0 Å². The van der Waals surface area contributed by atoms with Crippen LogP contribution in [0.15, 0.2) is 108 Å². The van der Waals surface area contributed by atoms with Crippen LogP contribution in [-0.4, -0.2) is 36.2 Å². The monoisotopic (exact) mass is 600 g/mol. The first-order valence-corrected chi connectivity index (χ1v) is 15.6. The molecular weight excluding hydrogens is 567 g/mol. The molecule has 0 spiro atoms. The largest absolute Gasteiger partial charge is 0.350 e. The van der Waals surface area contributed by atoms with Crippen LogP contribution in [0.25, 0.3) is 0 Å². The summed E-state index contributed by atoms with van der Waals surface area (Å²) in [5, 5.41) is 2.96. The molecule has 4 aromatic rings. The van der Waals surface area contributed by atoms with Gasteiger partial charge in [0, 0.05) is 37.9 Å². The summed E-state index contributed by atoms with van der Waals surface area (Å²) in [7, 11) is -3.57. The van der Waals surface area contributed by atoms with E-state index < -0.39 is 21.9 Å². The van der Waals surface area contributed by atoms with E-state index in [4.69, 9.17) is 0 Å². The van der Waals surface area contributed by atoms with E-state index in [1.165, 1.54) is 17.0 Å². The fourth-order valence-corrected chi connectivity index (χ4v) is 6.03. The van der Waals surface area contributed by atoms with Gasteiger partial charge in [-0.2, -0.15) is 0 Å². The highest BCUT2D eigenvalue weighted by Crippen LogP contribution is 2.26. The molecule has 222 valence electrons. The average Bonchev–Trinajstić information content (AvgIpc) is 3.84.